The van der Waals surface area contributed by atoms with E-state index >= 15 is 0 Å². The summed E-state index contributed by atoms with van der Waals surface area (Å²) in [6.45, 7) is 4.52. The summed E-state index contributed by atoms with van der Waals surface area (Å²) >= 11 is 0. The normalized spacial score (nSPS) is 9.80. The van der Waals surface area contributed by atoms with Crippen LogP contribution in [0.1, 0.15) is 17.5 Å². The molecule has 0 aliphatic rings. The van der Waals surface area contributed by atoms with Gasteiger partial charge in [-0.2, -0.15) is 0 Å². The van der Waals surface area contributed by atoms with Crippen LogP contribution in [0.15, 0.2) is 18.2 Å². The van der Waals surface area contributed by atoms with Crippen LogP contribution in [0, 0.1) is 19.3 Å². The van der Waals surface area contributed by atoms with Crippen LogP contribution >= 0.6 is 0 Å². The molecule has 1 aromatic rings. The van der Waals surface area contributed by atoms with E-state index in [1.165, 1.54) is 7.11 Å². The van der Waals surface area contributed by atoms with Gasteiger partial charge in [0.2, 0.25) is 0 Å². The Kier molecular flexibility index (Phi) is 4.16. The summed E-state index contributed by atoms with van der Waals surface area (Å²) in [5.74, 6) is 1.17. The minimum atomic E-state index is 0.251. The van der Waals surface area contributed by atoms with E-state index in [4.69, 9.17) is 14.9 Å². The topological polar surface area (TPSA) is 42.3 Å². The second kappa shape index (κ2) is 5.39. The van der Waals surface area contributed by atoms with E-state index in [9.17, 15) is 0 Å². The van der Waals surface area contributed by atoms with Gasteiger partial charge in [-0.15, -0.1) is 0 Å². The number of hydrogen-bond acceptors (Lipinski definition) is 3. The highest BCUT2D eigenvalue weighted by Crippen LogP contribution is 2.22. The summed E-state index contributed by atoms with van der Waals surface area (Å²) in [4.78, 5) is 0. The van der Waals surface area contributed by atoms with Crippen molar-refractivity contribution in [3.05, 3.63) is 29.3 Å². The summed E-state index contributed by atoms with van der Waals surface area (Å²) in [6.07, 6.45) is 0.504. The molecule has 3 nitrogen and oxygen atoms in total. The lowest BCUT2D eigenvalue weighted by molar-refractivity contribution is 0.304. The van der Waals surface area contributed by atoms with Crippen molar-refractivity contribution >= 4 is 5.90 Å². The number of nitrogens with one attached hydrogen (secondary N) is 1. The van der Waals surface area contributed by atoms with Crippen LogP contribution in [-0.2, 0) is 4.74 Å². The van der Waals surface area contributed by atoms with Crippen molar-refractivity contribution in [3.8, 4) is 5.75 Å². The Balaban J connectivity index is 2.54. The summed E-state index contributed by atoms with van der Waals surface area (Å²) in [5.41, 5.74) is 2.25. The molecule has 0 fully saturated rings. The van der Waals surface area contributed by atoms with Crippen LogP contribution in [0.25, 0.3) is 0 Å². The van der Waals surface area contributed by atoms with Crippen molar-refractivity contribution in [2.45, 2.75) is 20.3 Å². The Morgan fingerprint density at radius 1 is 1.27 bits per heavy atom. The summed E-state index contributed by atoms with van der Waals surface area (Å²) in [5, 5.41) is 7.31. The number of rotatable bonds is 4. The molecule has 82 valence electrons. The molecule has 0 saturated carbocycles. The first kappa shape index (κ1) is 11.6. The van der Waals surface area contributed by atoms with Gasteiger partial charge in [0.05, 0.1) is 20.1 Å². The number of aryl methyl sites for hydroxylation is 2. The molecule has 0 aliphatic heterocycles. The Morgan fingerprint density at radius 2 is 1.87 bits per heavy atom. The zero-order valence-corrected chi connectivity index (χ0v) is 9.46. The fourth-order valence-corrected chi connectivity index (χ4v) is 1.37. The van der Waals surface area contributed by atoms with Gasteiger partial charge < -0.3 is 9.47 Å². The highest BCUT2D eigenvalue weighted by Gasteiger charge is 2.03. The molecule has 0 bridgehead atoms. The van der Waals surface area contributed by atoms with Gasteiger partial charge in [0, 0.05) is 0 Å². The Labute approximate surface area is 90.5 Å². The molecule has 0 aromatic heterocycles. The molecule has 0 aliphatic carbocycles. The lowest BCUT2D eigenvalue weighted by atomic mass is 10.1. The molecule has 0 spiro atoms. The largest absolute Gasteiger partial charge is 0.493 e. The monoisotopic (exact) mass is 207 g/mol. The van der Waals surface area contributed by atoms with Crippen LogP contribution in [0.3, 0.4) is 0 Å². The van der Waals surface area contributed by atoms with Gasteiger partial charge in [-0.05, 0) is 25.0 Å². The van der Waals surface area contributed by atoms with Crippen molar-refractivity contribution in [3.63, 3.8) is 0 Å². The van der Waals surface area contributed by atoms with Gasteiger partial charge in [0.15, 0.2) is 5.90 Å². The van der Waals surface area contributed by atoms with Crippen molar-refractivity contribution in [1.82, 2.24) is 0 Å². The molecule has 15 heavy (non-hydrogen) atoms. The van der Waals surface area contributed by atoms with Gasteiger partial charge >= 0.3 is 0 Å². The van der Waals surface area contributed by atoms with Gasteiger partial charge in [0.1, 0.15) is 5.75 Å². The zero-order chi connectivity index (χ0) is 11.3. The number of ether oxygens (including phenoxy) is 2. The van der Waals surface area contributed by atoms with E-state index in [0.29, 0.717) is 13.0 Å². The number of hydrogen-bond donors (Lipinski definition) is 1. The predicted octanol–water partition coefficient (Wildman–Crippen LogP) is 2.70. The molecular formula is C12H17NO2. The van der Waals surface area contributed by atoms with Gasteiger partial charge in [-0.1, -0.05) is 18.2 Å². The first-order chi connectivity index (χ1) is 7.15. The first-order valence-electron chi connectivity index (χ1n) is 4.95. The van der Waals surface area contributed by atoms with Gasteiger partial charge in [-0.3, -0.25) is 5.41 Å². The lowest BCUT2D eigenvalue weighted by Gasteiger charge is -2.11. The average molecular weight is 207 g/mol. The second-order valence-electron chi connectivity index (χ2n) is 3.45. The third-order valence-electron chi connectivity index (χ3n) is 2.23. The number of methoxy groups -OCH3 is 1. The maximum atomic E-state index is 7.31. The molecule has 0 saturated heterocycles. The quantitative estimate of drug-likeness (QED) is 0.609. The highest BCUT2D eigenvalue weighted by atomic mass is 16.5. The van der Waals surface area contributed by atoms with Gasteiger partial charge in [-0.25, -0.2) is 0 Å². The smallest absolute Gasteiger partial charge is 0.183 e. The number of para-hydroxylation sites is 1. The standard InChI is InChI=1S/C12H17NO2/c1-9-5-4-6-10(2)12(9)15-8-7-11(13)14-3/h4-6,13H,7-8H2,1-3H3. The van der Waals surface area contributed by atoms with E-state index in [2.05, 4.69) is 0 Å². The fourth-order valence-electron chi connectivity index (χ4n) is 1.37. The van der Waals surface area contributed by atoms with E-state index in [0.717, 1.165) is 16.9 Å². The minimum Gasteiger partial charge on any atom is -0.493 e. The average Bonchev–Trinajstić information content (AvgIpc) is 2.22. The van der Waals surface area contributed by atoms with Crippen LogP contribution in [0.4, 0.5) is 0 Å². The van der Waals surface area contributed by atoms with Crippen molar-refractivity contribution in [2.24, 2.45) is 0 Å². The van der Waals surface area contributed by atoms with Crippen LogP contribution in [0.2, 0.25) is 0 Å². The highest BCUT2D eigenvalue weighted by molar-refractivity contribution is 5.72. The molecule has 0 heterocycles. The molecule has 3 heteroatoms. The maximum Gasteiger partial charge on any atom is 0.183 e. The van der Waals surface area contributed by atoms with E-state index in [1.54, 1.807) is 0 Å². The lowest BCUT2D eigenvalue weighted by Crippen LogP contribution is -2.08. The van der Waals surface area contributed by atoms with E-state index in [-0.39, 0.29) is 5.90 Å². The summed E-state index contributed by atoms with van der Waals surface area (Å²) in [7, 11) is 1.50. The number of benzene rings is 1. The molecule has 0 amide bonds. The molecule has 1 aromatic carbocycles. The molecule has 1 rings (SSSR count). The summed E-state index contributed by atoms with van der Waals surface area (Å²) < 4.78 is 10.4. The molecular weight excluding hydrogens is 190 g/mol. The minimum absolute atomic E-state index is 0.251. The molecule has 0 atom stereocenters. The van der Waals surface area contributed by atoms with Crippen molar-refractivity contribution in [1.29, 1.82) is 5.41 Å². The summed E-state index contributed by atoms with van der Waals surface area (Å²) in [6, 6.07) is 6.04. The van der Waals surface area contributed by atoms with Crippen LogP contribution < -0.4 is 4.74 Å². The Hall–Kier alpha value is -1.51. The molecule has 0 unspecified atom stereocenters. The van der Waals surface area contributed by atoms with E-state index in [1.807, 2.05) is 32.0 Å². The van der Waals surface area contributed by atoms with Crippen molar-refractivity contribution in [2.75, 3.05) is 13.7 Å². The predicted molar refractivity (Wildman–Crippen MR) is 60.8 cm³/mol. The van der Waals surface area contributed by atoms with Crippen LogP contribution in [-0.4, -0.2) is 19.6 Å². The van der Waals surface area contributed by atoms with Crippen molar-refractivity contribution < 1.29 is 9.47 Å². The third-order valence-corrected chi connectivity index (χ3v) is 2.23. The Morgan fingerprint density at radius 3 is 2.40 bits per heavy atom. The Bertz CT molecular complexity index is 327. The first-order valence-corrected chi connectivity index (χ1v) is 4.95. The third kappa shape index (κ3) is 3.27. The molecule has 0 radical (unpaired) electrons. The zero-order valence-electron chi connectivity index (χ0n) is 9.46. The van der Waals surface area contributed by atoms with Crippen LogP contribution in [0.5, 0.6) is 5.75 Å². The SMILES string of the molecule is COC(=N)CCOc1c(C)cccc1C. The second-order valence-corrected chi connectivity index (χ2v) is 3.45. The molecule has 1 N–H and O–H groups in total. The maximum absolute atomic E-state index is 7.31. The fraction of sp³-hybridized carbons (Fsp3) is 0.417. The van der Waals surface area contributed by atoms with Gasteiger partial charge in [0.25, 0.3) is 0 Å². The van der Waals surface area contributed by atoms with E-state index < -0.39 is 0 Å².